The van der Waals surface area contributed by atoms with Crippen LogP contribution in [0.15, 0.2) is 0 Å². The number of carbonyl (C=O) groups is 1. The van der Waals surface area contributed by atoms with Gasteiger partial charge in [-0.3, -0.25) is 4.79 Å². The topological polar surface area (TPSA) is 44.9 Å². The van der Waals surface area contributed by atoms with E-state index in [4.69, 9.17) is 12.2 Å². The maximum Gasteiger partial charge on any atom is 0.225 e. The quantitative estimate of drug-likeness (QED) is 0.836. The van der Waals surface area contributed by atoms with Crippen molar-refractivity contribution in [2.75, 3.05) is 0 Å². The molecule has 1 aromatic rings. The molecule has 2 rings (SSSR count). The summed E-state index contributed by atoms with van der Waals surface area (Å²) in [6.45, 7) is 4.20. The Labute approximate surface area is 117 Å². The van der Waals surface area contributed by atoms with Crippen molar-refractivity contribution in [2.45, 2.75) is 52.0 Å². The smallest absolute Gasteiger partial charge is 0.225 e. The summed E-state index contributed by atoms with van der Waals surface area (Å²) in [5.74, 6) is 0.732. The lowest BCUT2D eigenvalue weighted by Crippen LogP contribution is -2.41. The molecule has 1 heterocycles. The number of rotatable bonds is 3. The molecule has 0 aromatic carbocycles. The van der Waals surface area contributed by atoms with Crippen molar-refractivity contribution in [3.8, 4) is 0 Å². The minimum absolute atomic E-state index is 0.127. The summed E-state index contributed by atoms with van der Waals surface area (Å²) in [6, 6.07) is 0.360. The van der Waals surface area contributed by atoms with Crippen LogP contribution >= 0.6 is 23.6 Å². The average Bonchev–Trinajstić information content (AvgIpc) is 2.61. The Balaban J connectivity index is 1.92. The molecular formula is C13H20N2OS2. The second-order valence-electron chi connectivity index (χ2n) is 5.18. The lowest BCUT2D eigenvalue weighted by Gasteiger charge is -2.29. The number of amides is 1. The molecule has 2 N–H and O–H groups in total. The second kappa shape index (κ2) is 5.97. The van der Waals surface area contributed by atoms with Crippen LogP contribution in [0, 0.1) is 16.8 Å². The highest BCUT2D eigenvalue weighted by Crippen LogP contribution is 2.24. The zero-order chi connectivity index (χ0) is 13.1. The first-order valence-corrected chi connectivity index (χ1v) is 7.76. The standard InChI is InChI=1S/C13H20N2OS2/c1-8-5-3-4-6-10(8)15-12(16)7-11-9(2)14-13(17)18-11/h8,10H,3-7H2,1-2H3,(H,14,17)(H,15,16)/t8-,10-/m0/s1. The molecule has 1 aromatic heterocycles. The van der Waals surface area contributed by atoms with Crippen LogP contribution in [0.4, 0.5) is 0 Å². The zero-order valence-corrected chi connectivity index (χ0v) is 12.5. The van der Waals surface area contributed by atoms with E-state index in [0.29, 0.717) is 18.4 Å². The normalized spacial score (nSPS) is 23.9. The lowest BCUT2D eigenvalue weighted by molar-refractivity contribution is -0.121. The fourth-order valence-electron chi connectivity index (χ4n) is 2.54. The van der Waals surface area contributed by atoms with Crippen LogP contribution in [0.1, 0.15) is 43.2 Å². The van der Waals surface area contributed by atoms with Crippen LogP contribution in [-0.2, 0) is 11.2 Å². The van der Waals surface area contributed by atoms with Gasteiger partial charge >= 0.3 is 0 Å². The van der Waals surface area contributed by atoms with Crippen LogP contribution in [0.3, 0.4) is 0 Å². The summed E-state index contributed by atoms with van der Waals surface area (Å²) >= 11 is 6.59. The number of hydrogen-bond donors (Lipinski definition) is 2. The summed E-state index contributed by atoms with van der Waals surface area (Å²) < 4.78 is 0.751. The number of aryl methyl sites for hydroxylation is 1. The van der Waals surface area contributed by atoms with Crippen LogP contribution in [0.5, 0.6) is 0 Å². The fraction of sp³-hybridized carbons (Fsp3) is 0.692. The van der Waals surface area contributed by atoms with E-state index in [1.54, 1.807) is 0 Å². The Hall–Kier alpha value is -0.680. The monoisotopic (exact) mass is 284 g/mol. The number of nitrogens with one attached hydrogen (secondary N) is 2. The van der Waals surface area contributed by atoms with Gasteiger partial charge in [-0.05, 0) is 37.9 Å². The van der Waals surface area contributed by atoms with Crippen LogP contribution in [0.2, 0.25) is 0 Å². The maximum atomic E-state index is 12.0. The molecule has 18 heavy (non-hydrogen) atoms. The number of hydrogen-bond acceptors (Lipinski definition) is 3. The van der Waals surface area contributed by atoms with Crippen molar-refractivity contribution >= 4 is 29.5 Å². The SMILES string of the molecule is Cc1[nH]c(=S)sc1CC(=O)N[C@H]1CCCC[C@@H]1C. The Morgan fingerprint density at radius 3 is 2.83 bits per heavy atom. The Bertz CT molecular complexity index is 478. The third-order valence-electron chi connectivity index (χ3n) is 3.70. The Morgan fingerprint density at radius 1 is 1.50 bits per heavy atom. The molecule has 5 heteroatoms. The molecule has 1 saturated carbocycles. The molecule has 1 aliphatic carbocycles. The highest BCUT2D eigenvalue weighted by molar-refractivity contribution is 7.73. The molecule has 0 saturated heterocycles. The van der Waals surface area contributed by atoms with E-state index in [1.807, 2.05) is 6.92 Å². The average molecular weight is 284 g/mol. The van der Waals surface area contributed by atoms with Gasteiger partial charge in [0.1, 0.15) is 0 Å². The van der Waals surface area contributed by atoms with Gasteiger partial charge in [-0.1, -0.05) is 19.8 Å². The van der Waals surface area contributed by atoms with Gasteiger partial charge in [0, 0.05) is 16.6 Å². The van der Waals surface area contributed by atoms with E-state index >= 15 is 0 Å². The first kappa shape index (κ1) is 13.7. The molecule has 0 aliphatic heterocycles. The third-order valence-corrected chi connectivity index (χ3v) is 5.04. The summed E-state index contributed by atoms with van der Waals surface area (Å²) in [5, 5.41) is 3.17. The molecule has 2 atom stereocenters. The van der Waals surface area contributed by atoms with Gasteiger partial charge in [0.05, 0.1) is 6.42 Å². The number of aromatic amines is 1. The predicted molar refractivity (Wildman–Crippen MR) is 77.5 cm³/mol. The number of thiazole rings is 1. The minimum Gasteiger partial charge on any atom is -0.353 e. The van der Waals surface area contributed by atoms with E-state index in [2.05, 4.69) is 17.2 Å². The highest BCUT2D eigenvalue weighted by atomic mass is 32.1. The van der Waals surface area contributed by atoms with Crippen LogP contribution < -0.4 is 5.32 Å². The summed E-state index contributed by atoms with van der Waals surface area (Å²) in [7, 11) is 0. The minimum atomic E-state index is 0.127. The first-order chi connectivity index (χ1) is 8.56. The van der Waals surface area contributed by atoms with Gasteiger partial charge in [-0.25, -0.2) is 0 Å². The van der Waals surface area contributed by atoms with Crippen LogP contribution in [-0.4, -0.2) is 16.9 Å². The van der Waals surface area contributed by atoms with E-state index in [-0.39, 0.29) is 5.91 Å². The van der Waals surface area contributed by atoms with Gasteiger partial charge in [0.2, 0.25) is 5.91 Å². The number of aromatic nitrogens is 1. The van der Waals surface area contributed by atoms with Crippen molar-refractivity contribution in [1.29, 1.82) is 0 Å². The summed E-state index contributed by atoms with van der Waals surface area (Å²) in [6.07, 6.45) is 5.33. The van der Waals surface area contributed by atoms with Crippen molar-refractivity contribution in [3.05, 3.63) is 14.5 Å². The number of H-pyrrole nitrogens is 1. The van der Waals surface area contributed by atoms with Gasteiger partial charge in [-0.2, -0.15) is 0 Å². The first-order valence-electron chi connectivity index (χ1n) is 6.54. The van der Waals surface area contributed by atoms with E-state index in [0.717, 1.165) is 20.9 Å². The zero-order valence-electron chi connectivity index (χ0n) is 10.9. The molecule has 0 unspecified atom stereocenters. The maximum absolute atomic E-state index is 12.0. The third kappa shape index (κ3) is 3.42. The highest BCUT2D eigenvalue weighted by Gasteiger charge is 2.23. The van der Waals surface area contributed by atoms with Gasteiger partial charge in [0.25, 0.3) is 0 Å². The van der Waals surface area contributed by atoms with Gasteiger partial charge in [-0.15, -0.1) is 11.3 Å². The van der Waals surface area contributed by atoms with Crippen LogP contribution in [0.25, 0.3) is 0 Å². The molecule has 100 valence electrons. The van der Waals surface area contributed by atoms with Gasteiger partial charge < -0.3 is 10.3 Å². The Morgan fingerprint density at radius 2 is 2.22 bits per heavy atom. The molecule has 3 nitrogen and oxygen atoms in total. The van der Waals surface area contributed by atoms with Crippen molar-refractivity contribution in [1.82, 2.24) is 10.3 Å². The van der Waals surface area contributed by atoms with E-state index < -0.39 is 0 Å². The molecular weight excluding hydrogens is 264 g/mol. The van der Waals surface area contributed by atoms with Crippen molar-refractivity contribution in [3.63, 3.8) is 0 Å². The van der Waals surface area contributed by atoms with E-state index in [1.165, 1.54) is 30.6 Å². The molecule has 0 bridgehead atoms. The second-order valence-corrected chi connectivity index (χ2v) is 6.95. The van der Waals surface area contributed by atoms with E-state index in [9.17, 15) is 4.79 Å². The fourth-order valence-corrected chi connectivity index (χ4v) is 3.83. The lowest BCUT2D eigenvalue weighted by atomic mass is 9.86. The largest absolute Gasteiger partial charge is 0.353 e. The Kier molecular flexibility index (Phi) is 4.56. The molecule has 1 fully saturated rings. The summed E-state index contributed by atoms with van der Waals surface area (Å²) in [4.78, 5) is 16.2. The molecule has 0 spiro atoms. The summed E-state index contributed by atoms with van der Waals surface area (Å²) in [5.41, 5.74) is 1.02. The molecule has 1 amide bonds. The van der Waals surface area contributed by atoms with Crippen molar-refractivity contribution in [2.24, 2.45) is 5.92 Å². The van der Waals surface area contributed by atoms with Gasteiger partial charge in [0.15, 0.2) is 3.95 Å². The predicted octanol–water partition coefficient (Wildman–Crippen LogP) is 3.35. The molecule has 0 radical (unpaired) electrons. The van der Waals surface area contributed by atoms with Crippen molar-refractivity contribution < 1.29 is 4.79 Å². The molecule has 1 aliphatic rings. The number of carbonyl (C=O) groups excluding carboxylic acids is 1.